The van der Waals surface area contributed by atoms with Gasteiger partial charge in [-0.2, -0.15) is 0 Å². The highest BCUT2D eigenvalue weighted by molar-refractivity contribution is 5.46. The van der Waals surface area contributed by atoms with Crippen LogP contribution in [0.3, 0.4) is 0 Å². The highest BCUT2D eigenvalue weighted by Crippen LogP contribution is 2.24. The first-order chi connectivity index (χ1) is 7.95. The Hall–Kier alpha value is -2.58. The standard InChI is InChI=1S/C7H6N9/c1-4(11-14-8-1)7(5-2-9-15-12-5)6-3-10-16-13-6/h1-3H,(H,8,11,14)(H,9,12,15)(H,10,13,16). The summed E-state index contributed by atoms with van der Waals surface area (Å²) in [5.74, 6) is 0.705. The molecule has 0 aliphatic carbocycles. The average molecular weight is 216 g/mol. The van der Waals surface area contributed by atoms with E-state index in [2.05, 4.69) is 46.2 Å². The molecule has 0 spiro atoms. The van der Waals surface area contributed by atoms with E-state index in [4.69, 9.17) is 0 Å². The van der Waals surface area contributed by atoms with Gasteiger partial charge in [-0.25, -0.2) is 0 Å². The molecule has 0 aliphatic heterocycles. The molecular formula is C7H6N9. The molecule has 1 radical (unpaired) electrons. The van der Waals surface area contributed by atoms with Crippen molar-refractivity contribution in [3.05, 3.63) is 41.6 Å². The fourth-order valence-corrected chi connectivity index (χ4v) is 1.36. The maximum Gasteiger partial charge on any atom is 0.130 e. The molecule has 0 amide bonds. The van der Waals surface area contributed by atoms with Crippen LogP contribution in [0.15, 0.2) is 18.6 Å². The van der Waals surface area contributed by atoms with Gasteiger partial charge >= 0.3 is 0 Å². The molecule has 3 aromatic rings. The smallest absolute Gasteiger partial charge is 0.130 e. The highest BCUT2D eigenvalue weighted by atomic mass is 15.4. The minimum atomic E-state index is 0.628. The third-order valence-electron chi connectivity index (χ3n) is 2.02. The summed E-state index contributed by atoms with van der Waals surface area (Å²) in [6, 6.07) is 0. The lowest BCUT2D eigenvalue weighted by atomic mass is 10.00. The normalized spacial score (nSPS) is 11.1. The summed E-state index contributed by atoms with van der Waals surface area (Å²) in [6.07, 6.45) is 4.95. The lowest BCUT2D eigenvalue weighted by Crippen LogP contribution is -2.06. The quantitative estimate of drug-likeness (QED) is 0.519. The topological polar surface area (TPSA) is 125 Å². The van der Waals surface area contributed by atoms with Crippen molar-refractivity contribution in [1.29, 1.82) is 0 Å². The van der Waals surface area contributed by atoms with E-state index in [1.807, 2.05) is 0 Å². The number of hydrogen-bond donors (Lipinski definition) is 3. The molecule has 3 heterocycles. The second kappa shape index (κ2) is 3.53. The lowest BCUT2D eigenvalue weighted by molar-refractivity contribution is 0.886. The fourth-order valence-electron chi connectivity index (χ4n) is 1.36. The summed E-state index contributed by atoms with van der Waals surface area (Å²) >= 11 is 0. The van der Waals surface area contributed by atoms with Gasteiger partial charge in [-0.05, 0) is 0 Å². The molecule has 79 valence electrons. The van der Waals surface area contributed by atoms with Crippen molar-refractivity contribution in [2.45, 2.75) is 0 Å². The van der Waals surface area contributed by atoms with Crippen molar-refractivity contribution >= 4 is 0 Å². The van der Waals surface area contributed by atoms with Crippen LogP contribution >= 0.6 is 0 Å². The molecule has 0 aromatic carbocycles. The summed E-state index contributed by atoms with van der Waals surface area (Å²) in [5.41, 5.74) is 1.88. The average Bonchev–Trinajstić information content (AvgIpc) is 3.02. The van der Waals surface area contributed by atoms with E-state index in [0.717, 1.165) is 0 Å². The summed E-state index contributed by atoms with van der Waals surface area (Å²) in [7, 11) is 0. The Morgan fingerprint density at radius 2 is 1.06 bits per heavy atom. The minimum Gasteiger partial charge on any atom is -0.265 e. The first-order valence-corrected chi connectivity index (χ1v) is 4.42. The van der Waals surface area contributed by atoms with Crippen LogP contribution in [0.2, 0.25) is 0 Å². The first-order valence-electron chi connectivity index (χ1n) is 4.42. The Morgan fingerprint density at radius 1 is 0.688 bits per heavy atom. The third kappa shape index (κ3) is 1.34. The van der Waals surface area contributed by atoms with Crippen molar-refractivity contribution in [3.63, 3.8) is 0 Å². The number of rotatable bonds is 3. The Balaban J connectivity index is 2.09. The molecular weight excluding hydrogens is 210 g/mol. The Labute approximate surface area is 88.7 Å². The molecule has 0 aliphatic rings. The van der Waals surface area contributed by atoms with Crippen molar-refractivity contribution in [2.24, 2.45) is 0 Å². The summed E-state index contributed by atoms with van der Waals surface area (Å²) < 4.78 is 0. The summed E-state index contributed by atoms with van der Waals surface area (Å²) in [5, 5.41) is 30.6. The number of nitrogens with one attached hydrogen (secondary N) is 3. The largest absolute Gasteiger partial charge is 0.265 e. The zero-order valence-electron chi connectivity index (χ0n) is 7.92. The molecule has 0 saturated heterocycles. The van der Waals surface area contributed by atoms with Gasteiger partial charge in [0.25, 0.3) is 0 Å². The van der Waals surface area contributed by atoms with E-state index in [1.165, 1.54) is 0 Å². The van der Waals surface area contributed by atoms with Crippen LogP contribution in [0.25, 0.3) is 0 Å². The number of aromatic amines is 3. The van der Waals surface area contributed by atoms with Crippen LogP contribution in [0.1, 0.15) is 17.1 Å². The van der Waals surface area contributed by atoms with E-state index in [0.29, 0.717) is 23.0 Å². The van der Waals surface area contributed by atoms with E-state index in [9.17, 15) is 0 Å². The monoisotopic (exact) mass is 216 g/mol. The molecule has 0 unspecified atom stereocenters. The number of hydrogen-bond acceptors (Lipinski definition) is 6. The van der Waals surface area contributed by atoms with Crippen LogP contribution in [0.4, 0.5) is 0 Å². The fraction of sp³-hybridized carbons (Fsp3) is 0. The van der Waals surface area contributed by atoms with Gasteiger partial charge in [0.2, 0.25) is 0 Å². The van der Waals surface area contributed by atoms with Gasteiger partial charge in [-0.1, -0.05) is 15.6 Å². The van der Waals surface area contributed by atoms with Crippen molar-refractivity contribution in [2.75, 3.05) is 0 Å². The van der Waals surface area contributed by atoms with Gasteiger partial charge < -0.3 is 0 Å². The highest BCUT2D eigenvalue weighted by Gasteiger charge is 2.25. The van der Waals surface area contributed by atoms with Crippen molar-refractivity contribution in [3.8, 4) is 0 Å². The molecule has 0 fully saturated rings. The first kappa shape index (κ1) is 8.71. The van der Waals surface area contributed by atoms with Crippen molar-refractivity contribution < 1.29 is 0 Å². The van der Waals surface area contributed by atoms with Crippen LogP contribution in [0.5, 0.6) is 0 Å². The molecule has 0 saturated carbocycles. The lowest BCUT2D eigenvalue weighted by Gasteiger charge is -2.04. The molecule has 3 rings (SSSR count). The van der Waals surface area contributed by atoms with E-state index < -0.39 is 0 Å². The second-order valence-electron chi connectivity index (χ2n) is 2.95. The number of aromatic nitrogens is 9. The van der Waals surface area contributed by atoms with Crippen LogP contribution in [-0.4, -0.2) is 46.2 Å². The predicted molar refractivity (Wildman–Crippen MR) is 49.7 cm³/mol. The van der Waals surface area contributed by atoms with Gasteiger partial charge in [0.15, 0.2) is 0 Å². The predicted octanol–water partition coefficient (Wildman–Crippen LogP) is -0.940. The van der Waals surface area contributed by atoms with Gasteiger partial charge in [0.05, 0.1) is 0 Å². The number of nitrogens with zero attached hydrogens (tertiary/aromatic N) is 6. The van der Waals surface area contributed by atoms with Gasteiger partial charge in [0.1, 0.15) is 23.0 Å². The summed E-state index contributed by atoms with van der Waals surface area (Å²) in [4.78, 5) is 0. The third-order valence-corrected chi connectivity index (χ3v) is 2.02. The minimum absolute atomic E-state index is 0.628. The van der Waals surface area contributed by atoms with Crippen molar-refractivity contribution in [1.82, 2.24) is 46.2 Å². The molecule has 3 aromatic heterocycles. The molecule has 0 atom stereocenters. The number of H-pyrrole nitrogens is 3. The van der Waals surface area contributed by atoms with Gasteiger partial charge in [0, 0.05) is 18.6 Å². The second-order valence-corrected chi connectivity index (χ2v) is 2.95. The van der Waals surface area contributed by atoms with Gasteiger partial charge in [-0.3, -0.25) is 15.3 Å². The molecule has 16 heavy (non-hydrogen) atoms. The molecule has 3 N–H and O–H groups in total. The maximum atomic E-state index is 3.92. The van der Waals surface area contributed by atoms with Gasteiger partial charge in [-0.15, -0.1) is 15.3 Å². The Morgan fingerprint density at radius 3 is 1.31 bits per heavy atom. The van der Waals surface area contributed by atoms with Crippen LogP contribution in [-0.2, 0) is 0 Å². The summed E-state index contributed by atoms with van der Waals surface area (Å²) in [6.45, 7) is 0. The van der Waals surface area contributed by atoms with E-state index >= 15 is 0 Å². The molecule has 9 nitrogen and oxygen atoms in total. The van der Waals surface area contributed by atoms with Crippen LogP contribution < -0.4 is 0 Å². The Kier molecular flexibility index (Phi) is 1.92. The maximum absolute atomic E-state index is 3.92. The Bertz CT molecular complexity index is 441. The van der Waals surface area contributed by atoms with E-state index in [-0.39, 0.29) is 0 Å². The zero-order valence-corrected chi connectivity index (χ0v) is 7.92. The molecule has 0 bridgehead atoms. The van der Waals surface area contributed by atoms with E-state index in [1.54, 1.807) is 18.6 Å². The zero-order chi connectivity index (χ0) is 10.8. The SMILES string of the molecule is c1[nH]nnc1[C](c1c[nH]nn1)c1c[nH]nn1. The molecule has 9 heteroatoms. The van der Waals surface area contributed by atoms with Crippen LogP contribution in [0, 0.1) is 5.92 Å².